The first-order chi connectivity index (χ1) is 14.2. The van der Waals surface area contributed by atoms with Crippen molar-refractivity contribution in [3.8, 4) is 22.5 Å². The van der Waals surface area contributed by atoms with Crippen molar-refractivity contribution in [1.82, 2.24) is 9.97 Å². The van der Waals surface area contributed by atoms with Crippen LogP contribution in [0.5, 0.6) is 0 Å². The quantitative estimate of drug-likeness (QED) is 0.309. The van der Waals surface area contributed by atoms with E-state index in [-0.39, 0.29) is 0 Å². The summed E-state index contributed by atoms with van der Waals surface area (Å²) in [5.74, 6) is 0.508. The zero-order chi connectivity index (χ0) is 20.1. The molecule has 1 aromatic heterocycles. The van der Waals surface area contributed by atoms with Gasteiger partial charge in [0, 0.05) is 28.8 Å². The lowest BCUT2D eigenvalue weighted by molar-refractivity contribution is 0.938. The molecule has 0 amide bonds. The van der Waals surface area contributed by atoms with Crippen LogP contribution in [0.1, 0.15) is 5.56 Å². The number of hydrazone groups is 1. The molecule has 0 fully saturated rings. The molecule has 0 aliphatic heterocycles. The summed E-state index contributed by atoms with van der Waals surface area (Å²) >= 11 is 6.22. The van der Waals surface area contributed by atoms with Gasteiger partial charge in [-0.15, -0.1) is 0 Å². The van der Waals surface area contributed by atoms with Crippen molar-refractivity contribution in [1.29, 1.82) is 0 Å². The van der Waals surface area contributed by atoms with Crippen molar-refractivity contribution in [3.63, 3.8) is 0 Å². The van der Waals surface area contributed by atoms with Gasteiger partial charge >= 0.3 is 0 Å². The maximum atomic E-state index is 6.22. The van der Waals surface area contributed by atoms with Crippen molar-refractivity contribution < 1.29 is 0 Å². The fourth-order valence-corrected chi connectivity index (χ4v) is 3.06. The number of hydrogen-bond donors (Lipinski definition) is 0. The second kappa shape index (κ2) is 8.67. The number of nitrogens with zero attached hydrogens (tertiary/aromatic N) is 4. The van der Waals surface area contributed by atoms with Gasteiger partial charge in [-0.05, 0) is 12.1 Å². The number of rotatable bonds is 5. The Bertz CT molecular complexity index is 1070. The van der Waals surface area contributed by atoms with Crippen LogP contribution in [0.3, 0.4) is 0 Å². The third-order valence-corrected chi connectivity index (χ3v) is 4.76. The van der Waals surface area contributed by atoms with E-state index in [1.54, 1.807) is 11.2 Å². The third kappa shape index (κ3) is 4.50. The van der Waals surface area contributed by atoms with Crippen LogP contribution in [0.25, 0.3) is 22.5 Å². The van der Waals surface area contributed by atoms with E-state index >= 15 is 0 Å². The summed E-state index contributed by atoms with van der Waals surface area (Å²) < 4.78 is 0. The van der Waals surface area contributed by atoms with Gasteiger partial charge in [0.15, 0.2) is 0 Å². The Balaban J connectivity index is 1.75. The van der Waals surface area contributed by atoms with Crippen molar-refractivity contribution >= 4 is 23.8 Å². The van der Waals surface area contributed by atoms with Crippen molar-refractivity contribution in [2.45, 2.75) is 0 Å². The predicted octanol–water partition coefficient (Wildman–Crippen LogP) is 5.93. The Labute approximate surface area is 175 Å². The molecule has 0 N–H and O–H groups in total. The second-order valence-corrected chi connectivity index (χ2v) is 6.87. The van der Waals surface area contributed by atoms with Crippen LogP contribution in [-0.4, -0.2) is 23.2 Å². The summed E-state index contributed by atoms with van der Waals surface area (Å²) in [6.45, 7) is 0. The largest absolute Gasteiger partial charge is 0.247 e. The lowest BCUT2D eigenvalue weighted by atomic mass is 10.1. The van der Waals surface area contributed by atoms with Crippen LogP contribution in [0.2, 0.25) is 5.02 Å². The SMILES string of the molecule is CN(N=Cc1ccccc1Cl)c1nc(-c2ccccc2)cc(-c2ccccc2)n1. The van der Waals surface area contributed by atoms with Gasteiger partial charge < -0.3 is 0 Å². The number of aromatic nitrogens is 2. The van der Waals surface area contributed by atoms with Gasteiger partial charge in [-0.3, -0.25) is 0 Å². The molecular weight excluding hydrogens is 380 g/mol. The molecule has 4 rings (SSSR count). The van der Waals surface area contributed by atoms with Crippen molar-refractivity contribution in [2.75, 3.05) is 12.1 Å². The monoisotopic (exact) mass is 398 g/mol. The zero-order valence-corrected chi connectivity index (χ0v) is 16.7. The minimum absolute atomic E-state index is 0.508. The summed E-state index contributed by atoms with van der Waals surface area (Å²) in [4.78, 5) is 9.46. The normalized spacial score (nSPS) is 11.0. The van der Waals surface area contributed by atoms with E-state index in [9.17, 15) is 0 Å². The van der Waals surface area contributed by atoms with Crippen LogP contribution in [0, 0.1) is 0 Å². The van der Waals surface area contributed by atoms with Crippen molar-refractivity contribution in [3.05, 3.63) is 102 Å². The molecular formula is C24H19ClN4. The summed E-state index contributed by atoms with van der Waals surface area (Å²) in [6.07, 6.45) is 1.71. The second-order valence-electron chi connectivity index (χ2n) is 6.46. The van der Waals surface area contributed by atoms with E-state index in [0.717, 1.165) is 28.1 Å². The molecule has 3 aromatic carbocycles. The Morgan fingerprint density at radius 1 is 0.759 bits per heavy atom. The lowest BCUT2D eigenvalue weighted by Crippen LogP contribution is -2.13. The standard InChI is InChI=1S/C24H19ClN4/c1-29(26-17-20-14-8-9-15-21(20)25)24-27-22(18-10-4-2-5-11-18)16-23(28-24)19-12-6-3-7-13-19/h2-17H,1H3. The highest BCUT2D eigenvalue weighted by Crippen LogP contribution is 2.26. The van der Waals surface area contributed by atoms with E-state index in [4.69, 9.17) is 21.6 Å². The smallest absolute Gasteiger partial charge is 0.235 e. The molecule has 0 spiro atoms. The summed E-state index contributed by atoms with van der Waals surface area (Å²) in [5.41, 5.74) is 4.57. The maximum absolute atomic E-state index is 6.22. The number of halogens is 1. The van der Waals surface area contributed by atoms with E-state index in [0.29, 0.717) is 11.0 Å². The average Bonchev–Trinajstić information content (AvgIpc) is 2.79. The van der Waals surface area contributed by atoms with Gasteiger partial charge in [-0.25, -0.2) is 15.0 Å². The van der Waals surface area contributed by atoms with Gasteiger partial charge in [-0.1, -0.05) is 90.5 Å². The van der Waals surface area contributed by atoms with Gasteiger partial charge in [-0.2, -0.15) is 5.10 Å². The summed E-state index contributed by atoms with van der Waals surface area (Å²) in [6, 6.07) is 29.7. The first-order valence-electron chi connectivity index (χ1n) is 9.23. The summed E-state index contributed by atoms with van der Waals surface area (Å²) in [5, 5.41) is 6.80. The number of anilines is 1. The average molecular weight is 399 g/mol. The first kappa shape index (κ1) is 18.8. The van der Waals surface area contributed by atoms with Gasteiger partial charge in [0.05, 0.1) is 17.6 Å². The van der Waals surface area contributed by atoms with Gasteiger partial charge in [0.2, 0.25) is 5.95 Å². The summed E-state index contributed by atoms with van der Waals surface area (Å²) in [7, 11) is 1.83. The van der Waals surface area contributed by atoms with Gasteiger partial charge in [0.25, 0.3) is 0 Å². The van der Waals surface area contributed by atoms with E-state index in [1.165, 1.54) is 0 Å². The molecule has 1 heterocycles. The molecule has 29 heavy (non-hydrogen) atoms. The molecule has 0 saturated heterocycles. The number of hydrogen-bond acceptors (Lipinski definition) is 4. The molecule has 142 valence electrons. The van der Waals surface area contributed by atoms with E-state index in [1.807, 2.05) is 98.0 Å². The molecule has 0 atom stereocenters. The zero-order valence-electron chi connectivity index (χ0n) is 15.9. The minimum Gasteiger partial charge on any atom is -0.235 e. The van der Waals surface area contributed by atoms with Crippen LogP contribution >= 0.6 is 11.6 Å². The molecule has 0 aliphatic carbocycles. The minimum atomic E-state index is 0.508. The lowest BCUT2D eigenvalue weighted by Gasteiger charge is -2.14. The fourth-order valence-electron chi connectivity index (χ4n) is 2.87. The molecule has 0 unspecified atom stereocenters. The molecule has 0 bridgehead atoms. The van der Waals surface area contributed by atoms with Gasteiger partial charge in [0.1, 0.15) is 0 Å². The Morgan fingerprint density at radius 2 is 1.28 bits per heavy atom. The maximum Gasteiger partial charge on any atom is 0.247 e. The highest BCUT2D eigenvalue weighted by molar-refractivity contribution is 6.33. The molecule has 5 heteroatoms. The van der Waals surface area contributed by atoms with Crippen LogP contribution < -0.4 is 5.01 Å². The Kier molecular flexibility index (Phi) is 5.63. The Hall–Kier alpha value is -3.50. The number of benzene rings is 3. The molecule has 4 nitrogen and oxygen atoms in total. The van der Waals surface area contributed by atoms with Crippen LogP contribution in [-0.2, 0) is 0 Å². The first-order valence-corrected chi connectivity index (χ1v) is 9.61. The molecule has 0 aliphatic rings. The highest BCUT2D eigenvalue weighted by Gasteiger charge is 2.11. The van der Waals surface area contributed by atoms with E-state index in [2.05, 4.69) is 5.10 Å². The Morgan fingerprint density at radius 3 is 1.83 bits per heavy atom. The fraction of sp³-hybridized carbons (Fsp3) is 0.0417. The van der Waals surface area contributed by atoms with Crippen LogP contribution in [0.15, 0.2) is 96.1 Å². The molecule has 0 saturated carbocycles. The van der Waals surface area contributed by atoms with Crippen LogP contribution in [0.4, 0.5) is 5.95 Å². The van der Waals surface area contributed by atoms with Crippen molar-refractivity contribution in [2.24, 2.45) is 5.10 Å². The third-order valence-electron chi connectivity index (χ3n) is 4.42. The topological polar surface area (TPSA) is 41.4 Å². The predicted molar refractivity (Wildman–Crippen MR) is 120 cm³/mol. The molecule has 0 radical (unpaired) electrons. The molecule has 4 aromatic rings. The van der Waals surface area contributed by atoms with E-state index < -0.39 is 0 Å². The highest BCUT2D eigenvalue weighted by atomic mass is 35.5.